The Morgan fingerprint density at radius 2 is 0.846 bits per heavy atom. The molecule has 0 saturated carbocycles. The zero-order chi connectivity index (χ0) is 34.4. The molecule has 52 heavy (non-hydrogen) atoms. The van der Waals surface area contributed by atoms with E-state index >= 15 is 0 Å². The van der Waals surface area contributed by atoms with Gasteiger partial charge in [0.25, 0.3) is 0 Å². The van der Waals surface area contributed by atoms with E-state index in [2.05, 4.69) is 176 Å². The van der Waals surface area contributed by atoms with Crippen molar-refractivity contribution >= 4 is 43.1 Å². The summed E-state index contributed by atoms with van der Waals surface area (Å²) in [4.78, 5) is 10.3. The predicted molar refractivity (Wildman–Crippen MR) is 219 cm³/mol. The monoisotopic (exact) mass is 660 g/mol. The molecule has 1 heterocycles. The number of rotatable bonds is 5. The van der Waals surface area contributed by atoms with Crippen molar-refractivity contribution in [2.75, 3.05) is 0 Å². The molecule has 0 saturated heterocycles. The van der Waals surface area contributed by atoms with Crippen molar-refractivity contribution in [1.82, 2.24) is 9.97 Å². The van der Waals surface area contributed by atoms with Gasteiger partial charge in [0.1, 0.15) is 0 Å². The van der Waals surface area contributed by atoms with E-state index < -0.39 is 0 Å². The van der Waals surface area contributed by atoms with Crippen molar-refractivity contribution < 1.29 is 0 Å². The quantitative estimate of drug-likeness (QED) is 0.136. The van der Waals surface area contributed by atoms with E-state index in [1.165, 1.54) is 59.8 Å². The Morgan fingerprint density at radius 1 is 0.250 bits per heavy atom. The van der Waals surface area contributed by atoms with Crippen LogP contribution in [0.1, 0.15) is 0 Å². The van der Waals surface area contributed by atoms with E-state index in [-0.39, 0.29) is 0 Å². The topological polar surface area (TPSA) is 25.8 Å². The van der Waals surface area contributed by atoms with E-state index in [0.717, 1.165) is 33.6 Å². The number of aromatic nitrogens is 2. The molecule has 0 bridgehead atoms. The molecule has 0 radical (unpaired) electrons. The molecule has 0 aliphatic rings. The molecule has 0 aliphatic carbocycles. The number of hydrogen-bond acceptors (Lipinski definition) is 2. The van der Waals surface area contributed by atoms with Gasteiger partial charge < -0.3 is 0 Å². The number of benzene rings is 9. The van der Waals surface area contributed by atoms with Gasteiger partial charge >= 0.3 is 0 Å². The van der Waals surface area contributed by atoms with Gasteiger partial charge in [0.2, 0.25) is 0 Å². The maximum Gasteiger partial charge on any atom is 0.160 e. The van der Waals surface area contributed by atoms with Crippen LogP contribution in [0.15, 0.2) is 194 Å². The summed E-state index contributed by atoms with van der Waals surface area (Å²) >= 11 is 0. The molecule has 0 amide bonds. The average Bonchev–Trinajstić information content (AvgIpc) is 3.22. The van der Waals surface area contributed by atoms with Gasteiger partial charge in [-0.25, -0.2) is 9.97 Å². The van der Waals surface area contributed by atoms with Crippen LogP contribution < -0.4 is 0 Å². The van der Waals surface area contributed by atoms with Gasteiger partial charge in [0.15, 0.2) is 5.82 Å². The maximum absolute atomic E-state index is 5.20. The van der Waals surface area contributed by atoms with E-state index in [4.69, 9.17) is 9.97 Å². The van der Waals surface area contributed by atoms with E-state index in [0.29, 0.717) is 5.82 Å². The molecule has 242 valence electrons. The van der Waals surface area contributed by atoms with Crippen molar-refractivity contribution in [3.05, 3.63) is 194 Å². The van der Waals surface area contributed by atoms with Crippen LogP contribution in [0.5, 0.6) is 0 Å². The fourth-order valence-electron chi connectivity index (χ4n) is 7.71. The summed E-state index contributed by atoms with van der Waals surface area (Å²) in [6.45, 7) is 0. The van der Waals surface area contributed by atoms with E-state index in [1.807, 2.05) is 18.2 Å². The van der Waals surface area contributed by atoms with Crippen molar-refractivity contribution in [2.45, 2.75) is 0 Å². The SMILES string of the molecule is c1ccc(-c2nc(-c3ccc(-c4cccc5c4ccc4cc6ccccc6cc45)cc3)cc(-c3ccccc3-c3cccc4ccccc34)n2)cc1. The molecule has 0 N–H and O–H groups in total. The zero-order valence-corrected chi connectivity index (χ0v) is 28.4. The van der Waals surface area contributed by atoms with E-state index in [1.54, 1.807) is 0 Å². The predicted octanol–water partition coefficient (Wildman–Crippen LogP) is 13.4. The average molecular weight is 661 g/mol. The van der Waals surface area contributed by atoms with Gasteiger partial charge in [0, 0.05) is 16.7 Å². The lowest BCUT2D eigenvalue weighted by molar-refractivity contribution is 1.18. The molecule has 1 aromatic heterocycles. The number of nitrogens with zero attached hydrogens (tertiary/aromatic N) is 2. The second kappa shape index (κ2) is 12.5. The van der Waals surface area contributed by atoms with Gasteiger partial charge in [-0.3, -0.25) is 0 Å². The zero-order valence-electron chi connectivity index (χ0n) is 28.4. The molecule has 9 aromatic carbocycles. The highest BCUT2D eigenvalue weighted by Gasteiger charge is 2.16. The van der Waals surface area contributed by atoms with Crippen LogP contribution in [0.4, 0.5) is 0 Å². The van der Waals surface area contributed by atoms with Gasteiger partial charge in [-0.1, -0.05) is 176 Å². The minimum absolute atomic E-state index is 0.707. The Balaban J connectivity index is 1.09. The third-order valence-electron chi connectivity index (χ3n) is 10.3. The highest BCUT2D eigenvalue weighted by Crippen LogP contribution is 2.39. The molecule has 0 unspecified atom stereocenters. The summed E-state index contributed by atoms with van der Waals surface area (Å²) in [5, 5.41) is 10.0. The molecule has 0 spiro atoms. The fraction of sp³-hybridized carbons (Fsp3) is 0. The molecule has 0 fully saturated rings. The van der Waals surface area contributed by atoms with E-state index in [9.17, 15) is 0 Å². The summed E-state index contributed by atoms with van der Waals surface area (Å²) < 4.78 is 0. The summed E-state index contributed by atoms with van der Waals surface area (Å²) in [6.07, 6.45) is 0. The highest BCUT2D eigenvalue weighted by molar-refractivity contribution is 6.15. The first-order chi connectivity index (χ1) is 25.8. The summed E-state index contributed by atoms with van der Waals surface area (Å²) in [5.41, 5.74) is 9.62. The number of fused-ring (bicyclic) bond motifs is 5. The Labute approximate surface area is 302 Å². The minimum atomic E-state index is 0.707. The van der Waals surface area contributed by atoms with Crippen LogP contribution in [0.2, 0.25) is 0 Å². The minimum Gasteiger partial charge on any atom is -0.228 e. The lowest BCUT2D eigenvalue weighted by Crippen LogP contribution is -1.97. The van der Waals surface area contributed by atoms with Crippen molar-refractivity contribution in [3.8, 4) is 56.2 Å². The molecular weight excluding hydrogens is 629 g/mol. The summed E-state index contributed by atoms with van der Waals surface area (Å²) in [5.74, 6) is 0.707. The van der Waals surface area contributed by atoms with Crippen molar-refractivity contribution in [2.24, 2.45) is 0 Å². The maximum atomic E-state index is 5.20. The Kier molecular flexibility index (Phi) is 7.18. The standard InChI is InChI=1S/C50H32N2/c1-2-13-36(14-3-1)50-51-48(32-49(52-50)46-20-9-8-19-43(46)42-22-10-17-33-12-6-7-18-40(33)42)35-26-24-34(25-27-35)41-21-11-23-44-45(41)29-28-39-30-37-15-4-5-16-38(37)31-47(39)44/h1-32H. The Morgan fingerprint density at radius 3 is 1.69 bits per heavy atom. The Hall–Kier alpha value is -6.90. The molecule has 2 nitrogen and oxygen atoms in total. The first-order valence-corrected chi connectivity index (χ1v) is 17.7. The van der Waals surface area contributed by atoms with Crippen LogP contribution >= 0.6 is 0 Å². The molecule has 10 aromatic rings. The van der Waals surface area contributed by atoms with Crippen LogP contribution in [-0.2, 0) is 0 Å². The van der Waals surface area contributed by atoms with Crippen molar-refractivity contribution in [3.63, 3.8) is 0 Å². The fourth-order valence-corrected chi connectivity index (χ4v) is 7.71. The molecule has 0 atom stereocenters. The van der Waals surface area contributed by atoms with Crippen molar-refractivity contribution in [1.29, 1.82) is 0 Å². The molecule has 0 aliphatic heterocycles. The lowest BCUT2D eigenvalue weighted by atomic mass is 9.92. The first kappa shape index (κ1) is 30.0. The Bertz CT molecular complexity index is 2940. The normalized spacial score (nSPS) is 11.5. The van der Waals surface area contributed by atoms with Gasteiger partial charge in [0.05, 0.1) is 11.4 Å². The lowest BCUT2D eigenvalue weighted by Gasteiger charge is -2.15. The largest absolute Gasteiger partial charge is 0.228 e. The molecular formula is C50H32N2. The van der Waals surface area contributed by atoms with Gasteiger partial charge in [-0.05, 0) is 83.5 Å². The molecule has 2 heteroatoms. The van der Waals surface area contributed by atoms with Crippen LogP contribution in [0.3, 0.4) is 0 Å². The first-order valence-electron chi connectivity index (χ1n) is 17.7. The smallest absolute Gasteiger partial charge is 0.160 e. The van der Waals surface area contributed by atoms with Crippen LogP contribution in [-0.4, -0.2) is 9.97 Å². The summed E-state index contributed by atoms with van der Waals surface area (Å²) in [7, 11) is 0. The second-order valence-electron chi connectivity index (χ2n) is 13.4. The van der Waals surface area contributed by atoms with Gasteiger partial charge in [-0.15, -0.1) is 0 Å². The second-order valence-corrected chi connectivity index (χ2v) is 13.4. The molecule has 10 rings (SSSR count). The number of hydrogen-bond donors (Lipinski definition) is 0. The summed E-state index contributed by atoms with van der Waals surface area (Å²) in [6, 6.07) is 69.3. The van der Waals surface area contributed by atoms with Crippen LogP contribution in [0, 0.1) is 0 Å². The van der Waals surface area contributed by atoms with Gasteiger partial charge in [-0.2, -0.15) is 0 Å². The van der Waals surface area contributed by atoms with Crippen LogP contribution in [0.25, 0.3) is 99.2 Å². The third kappa shape index (κ3) is 5.21. The third-order valence-corrected chi connectivity index (χ3v) is 10.3. The highest BCUT2D eigenvalue weighted by atomic mass is 14.9.